The fraction of sp³-hybridized carbons (Fsp3) is 0.917. The van der Waals surface area contributed by atoms with E-state index in [2.05, 4.69) is 116 Å². The molecule has 4 nitrogen and oxygen atoms in total. The molecule has 0 bridgehead atoms. The van der Waals surface area contributed by atoms with Crippen LogP contribution in [0.25, 0.3) is 0 Å². The van der Waals surface area contributed by atoms with E-state index in [1.54, 1.807) is 0 Å². The van der Waals surface area contributed by atoms with Crippen LogP contribution in [0.5, 0.6) is 0 Å². The Morgan fingerprint density at radius 1 is 0.750 bits per heavy atom. The molecule has 0 spiro atoms. The SMILES string of the molecule is CC(C)NC(C)C.CCCC[N+](CCCC)(CCCC)CCCC.NC(=S)S.NC(=S)[S-]. The molecule has 0 amide bonds. The van der Waals surface area contributed by atoms with Crippen LogP contribution in [0.15, 0.2) is 0 Å². The second-order valence-corrected chi connectivity index (χ2v) is 11.1. The van der Waals surface area contributed by atoms with Crippen molar-refractivity contribution in [3.63, 3.8) is 0 Å². The van der Waals surface area contributed by atoms with E-state index in [1.165, 1.54) is 82.0 Å². The minimum Gasteiger partial charge on any atom is -0.415 e. The van der Waals surface area contributed by atoms with Gasteiger partial charge in [0.1, 0.15) is 4.32 Å². The lowest BCUT2D eigenvalue weighted by Gasteiger charge is -2.39. The monoisotopic (exact) mass is 528 g/mol. The average Bonchev–Trinajstić information content (AvgIpc) is 2.65. The molecule has 0 aliphatic heterocycles. The quantitative estimate of drug-likeness (QED) is 0.0914. The van der Waals surface area contributed by atoms with Gasteiger partial charge in [0, 0.05) is 12.1 Å². The fourth-order valence-electron chi connectivity index (χ4n) is 3.31. The molecular formula is C24H56N4S4. The van der Waals surface area contributed by atoms with Crippen molar-refractivity contribution in [2.75, 3.05) is 26.2 Å². The molecule has 32 heavy (non-hydrogen) atoms. The number of rotatable bonds is 14. The summed E-state index contributed by atoms with van der Waals surface area (Å²) in [6.07, 6.45) is 11.1. The first kappa shape index (κ1) is 39.5. The maximum absolute atomic E-state index is 4.71. The number of thiol groups is 1. The van der Waals surface area contributed by atoms with Crippen molar-refractivity contribution in [2.24, 2.45) is 11.5 Å². The van der Waals surface area contributed by atoms with Crippen molar-refractivity contribution < 1.29 is 4.48 Å². The number of hydrogen-bond acceptors (Lipinski definition) is 4. The molecule has 0 radical (unpaired) electrons. The van der Waals surface area contributed by atoms with E-state index in [0.717, 1.165) is 0 Å². The van der Waals surface area contributed by atoms with Gasteiger partial charge in [-0.25, -0.2) is 0 Å². The predicted octanol–water partition coefficient (Wildman–Crippen LogP) is 6.33. The number of nitrogens with one attached hydrogen (secondary N) is 1. The van der Waals surface area contributed by atoms with Gasteiger partial charge in [-0.1, -0.05) is 97.6 Å². The number of nitrogens with two attached hydrogens (primary N) is 2. The van der Waals surface area contributed by atoms with Gasteiger partial charge in [0.2, 0.25) is 0 Å². The molecule has 0 heterocycles. The van der Waals surface area contributed by atoms with Crippen molar-refractivity contribution in [3.05, 3.63) is 0 Å². The summed E-state index contributed by atoms with van der Waals surface area (Å²) in [4.78, 5) is 0. The molecule has 8 heteroatoms. The molecule has 0 atom stereocenters. The van der Waals surface area contributed by atoms with Crippen LogP contribution in [0.3, 0.4) is 0 Å². The summed E-state index contributed by atoms with van der Waals surface area (Å²) in [7, 11) is 0. The zero-order valence-corrected chi connectivity index (χ0v) is 25.8. The molecular weight excluding hydrogens is 473 g/mol. The van der Waals surface area contributed by atoms with E-state index < -0.39 is 0 Å². The third-order valence-corrected chi connectivity index (χ3v) is 4.61. The third kappa shape index (κ3) is 44.0. The lowest BCUT2D eigenvalue weighted by atomic mass is 10.1. The highest BCUT2D eigenvalue weighted by atomic mass is 32.1. The average molecular weight is 529 g/mol. The number of hydrogen-bond donors (Lipinski definition) is 4. The molecule has 0 aliphatic carbocycles. The van der Waals surface area contributed by atoms with Gasteiger partial charge in [0.05, 0.1) is 26.2 Å². The Morgan fingerprint density at radius 2 is 0.938 bits per heavy atom. The molecule has 0 rings (SSSR count). The van der Waals surface area contributed by atoms with E-state index in [9.17, 15) is 0 Å². The van der Waals surface area contributed by atoms with Crippen LogP contribution >= 0.6 is 37.1 Å². The summed E-state index contributed by atoms with van der Waals surface area (Å²) >= 11 is 15.9. The first-order chi connectivity index (χ1) is 14.8. The fourth-order valence-corrected chi connectivity index (χ4v) is 3.31. The normalized spacial score (nSPS) is 10.3. The van der Waals surface area contributed by atoms with Gasteiger partial charge in [-0.3, -0.25) is 0 Å². The molecule has 0 aromatic carbocycles. The highest BCUT2D eigenvalue weighted by Crippen LogP contribution is 2.16. The standard InChI is InChI=1S/C16H36N.C6H15N.2CH3NS2/c1-5-9-13-17(14-10-6-2,15-11-7-3)16-12-8-4;1-5(2)7-6(3)4;2*2-1(3)4/h5-16H2,1-4H3;5-7H,1-4H3;2*(H3,2,3,4)/q+1;;;/p-1. The second-order valence-electron chi connectivity index (χ2n) is 8.78. The largest absolute Gasteiger partial charge is 0.415 e. The van der Waals surface area contributed by atoms with E-state index in [4.69, 9.17) is 5.73 Å². The maximum Gasteiger partial charge on any atom is 0.128 e. The molecule has 0 aliphatic rings. The van der Waals surface area contributed by atoms with Crippen LogP contribution in [0, 0.1) is 0 Å². The van der Waals surface area contributed by atoms with Gasteiger partial charge >= 0.3 is 0 Å². The highest BCUT2D eigenvalue weighted by molar-refractivity contribution is 8.10. The second kappa shape index (κ2) is 29.3. The highest BCUT2D eigenvalue weighted by Gasteiger charge is 2.24. The van der Waals surface area contributed by atoms with Gasteiger partial charge in [-0.2, -0.15) is 0 Å². The van der Waals surface area contributed by atoms with E-state index in [0.29, 0.717) is 12.1 Å². The first-order valence-corrected chi connectivity index (χ1v) is 14.1. The minimum absolute atomic E-state index is 0.0833. The van der Waals surface area contributed by atoms with Crippen molar-refractivity contribution in [2.45, 2.75) is 119 Å². The molecule has 0 aromatic heterocycles. The molecule has 5 N–H and O–H groups in total. The Bertz CT molecular complexity index is 342. The van der Waals surface area contributed by atoms with Gasteiger partial charge in [0.15, 0.2) is 0 Å². The summed E-state index contributed by atoms with van der Waals surface area (Å²) in [5.74, 6) is 0. The van der Waals surface area contributed by atoms with Gasteiger partial charge < -0.3 is 46.1 Å². The topological polar surface area (TPSA) is 64.1 Å². The zero-order chi connectivity index (χ0) is 26.0. The van der Waals surface area contributed by atoms with Gasteiger partial charge in [0.25, 0.3) is 0 Å². The Morgan fingerprint density at radius 3 is 1.03 bits per heavy atom. The lowest BCUT2D eigenvalue weighted by Crippen LogP contribution is -2.50. The summed E-state index contributed by atoms with van der Waals surface area (Å²) in [5.41, 5.74) is 9.36. The first-order valence-electron chi connectivity index (χ1n) is 12.4. The summed E-state index contributed by atoms with van der Waals surface area (Å²) in [6.45, 7) is 23.6. The molecule has 0 unspecified atom stereocenters. The molecule has 0 saturated carbocycles. The third-order valence-electron chi connectivity index (χ3n) is 4.61. The number of thiocarbonyl (C=S) groups is 2. The van der Waals surface area contributed by atoms with Crippen LogP contribution < -0.4 is 16.8 Å². The van der Waals surface area contributed by atoms with Crippen LogP contribution in [0.4, 0.5) is 0 Å². The summed E-state index contributed by atoms with van der Waals surface area (Å²) < 4.78 is 1.70. The summed E-state index contributed by atoms with van der Waals surface area (Å²) in [5, 5.41) is 3.31. The lowest BCUT2D eigenvalue weighted by molar-refractivity contribution is -0.929. The van der Waals surface area contributed by atoms with Crippen LogP contribution in [-0.4, -0.2) is 51.4 Å². The van der Waals surface area contributed by atoms with E-state index >= 15 is 0 Å². The van der Waals surface area contributed by atoms with Crippen LogP contribution in [0.1, 0.15) is 107 Å². The Balaban J connectivity index is -0.000000213. The van der Waals surface area contributed by atoms with E-state index in [1.807, 2.05) is 0 Å². The number of unbranched alkanes of at least 4 members (excludes halogenated alkanes) is 4. The molecule has 0 aromatic rings. The van der Waals surface area contributed by atoms with Crippen molar-refractivity contribution >= 4 is 58.3 Å². The van der Waals surface area contributed by atoms with E-state index in [-0.39, 0.29) is 8.64 Å². The van der Waals surface area contributed by atoms with Crippen molar-refractivity contribution in [3.8, 4) is 0 Å². The van der Waals surface area contributed by atoms with Gasteiger partial charge in [-0.15, -0.1) is 12.6 Å². The predicted molar refractivity (Wildman–Crippen MR) is 163 cm³/mol. The summed E-state index contributed by atoms with van der Waals surface area (Å²) in [6, 6.07) is 1.25. The van der Waals surface area contributed by atoms with Crippen molar-refractivity contribution in [1.82, 2.24) is 5.32 Å². The van der Waals surface area contributed by atoms with Crippen LogP contribution in [-0.2, 0) is 12.6 Å². The Kier molecular flexibility index (Phi) is 36.2. The Labute approximate surface area is 223 Å². The number of quaternary nitrogens is 1. The van der Waals surface area contributed by atoms with Crippen LogP contribution in [0.2, 0.25) is 0 Å². The Hall–Kier alpha value is 0.270. The molecule has 196 valence electrons. The zero-order valence-electron chi connectivity index (χ0n) is 22.4. The maximum atomic E-state index is 4.71. The smallest absolute Gasteiger partial charge is 0.128 e. The molecule has 0 fully saturated rings. The molecule has 0 saturated heterocycles. The van der Waals surface area contributed by atoms with Gasteiger partial charge in [-0.05, 0) is 25.7 Å². The minimum atomic E-state index is 0.0833. The van der Waals surface area contributed by atoms with Crippen molar-refractivity contribution in [1.29, 1.82) is 0 Å². The number of nitrogens with zero attached hydrogens (tertiary/aromatic N) is 1.